The molecule has 1 atom stereocenters. The van der Waals surface area contributed by atoms with Crippen molar-refractivity contribution in [2.45, 2.75) is 6.04 Å². The third-order valence-corrected chi connectivity index (χ3v) is 3.53. The van der Waals surface area contributed by atoms with Crippen molar-refractivity contribution in [3.63, 3.8) is 0 Å². The molecule has 1 aromatic carbocycles. The molecule has 1 N–H and O–H groups in total. The highest BCUT2D eigenvalue weighted by atomic mass is 16.5. The molecule has 1 aliphatic rings. The van der Waals surface area contributed by atoms with Gasteiger partial charge in [-0.05, 0) is 26.2 Å². The molecule has 1 fully saturated rings. The van der Waals surface area contributed by atoms with Gasteiger partial charge in [0, 0.05) is 19.6 Å². The van der Waals surface area contributed by atoms with Crippen LogP contribution in [0.25, 0.3) is 0 Å². The number of anilines is 1. The van der Waals surface area contributed by atoms with Gasteiger partial charge >= 0.3 is 0 Å². The number of para-hydroxylation sites is 2. The number of rotatable bonds is 4. The molecule has 1 aliphatic heterocycles. The molecule has 0 aliphatic carbocycles. The summed E-state index contributed by atoms with van der Waals surface area (Å²) in [4.78, 5) is 16.5. The average Bonchev–Trinajstić information content (AvgIpc) is 2.43. The first-order chi connectivity index (χ1) is 9.19. The molecule has 0 aromatic heterocycles. The van der Waals surface area contributed by atoms with Crippen LogP contribution in [0, 0.1) is 0 Å². The summed E-state index contributed by atoms with van der Waals surface area (Å²) in [7, 11) is 5.48. The number of hydrogen-bond donors (Lipinski definition) is 1. The molecule has 0 radical (unpaired) electrons. The molecular weight excluding hydrogens is 242 g/mol. The molecule has 1 heterocycles. The molecule has 104 valence electrons. The minimum atomic E-state index is -0.122. The van der Waals surface area contributed by atoms with Gasteiger partial charge < -0.3 is 15.0 Å². The largest absolute Gasteiger partial charge is 0.495 e. The van der Waals surface area contributed by atoms with Crippen molar-refractivity contribution < 1.29 is 9.53 Å². The number of benzene rings is 1. The Morgan fingerprint density at radius 2 is 2.11 bits per heavy atom. The van der Waals surface area contributed by atoms with Gasteiger partial charge in [-0.3, -0.25) is 9.69 Å². The van der Waals surface area contributed by atoms with Gasteiger partial charge in [0.1, 0.15) is 11.8 Å². The quantitative estimate of drug-likeness (QED) is 0.862. The van der Waals surface area contributed by atoms with E-state index in [1.165, 1.54) is 0 Å². The van der Waals surface area contributed by atoms with Crippen LogP contribution >= 0.6 is 0 Å². The SMILES string of the molecule is CNCC1C(=O)N(c2ccccc2OC)CCN1C. The summed E-state index contributed by atoms with van der Waals surface area (Å²) < 4.78 is 5.35. The van der Waals surface area contributed by atoms with Crippen LogP contribution in [0.4, 0.5) is 5.69 Å². The van der Waals surface area contributed by atoms with Crippen LogP contribution in [0.1, 0.15) is 0 Å². The Bertz CT molecular complexity index is 450. The van der Waals surface area contributed by atoms with Crippen molar-refractivity contribution in [1.82, 2.24) is 10.2 Å². The van der Waals surface area contributed by atoms with E-state index < -0.39 is 0 Å². The molecule has 1 saturated heterocycles. The van der Waals surface area contributed by atoms with E-state index in [1.54, 1.807) is 7.11 Å². The number of nitrogens with one attached hydrogen (secondary N) is 1. The first-order valence-corrected chi connectivity index (χ1v) is 6.48. The van der Waals surface area contributed by atoms with Gasteiger partial charge in [0.2, 0.25) is 5.91 Å². The maximum Gasteiger partial charge on any atom is 0.245 e. The fourth-order valence-corrected chi connectivity index (χ4v) is 2.42. The third kappa shape index (κ3) is 2.72. The number of piperazine rings is 1. The topological polar surface area (TPSA) is 44.8 Å². The van der Waals surface area contributed by atoms with Gasteiger partial charge in [0.15, 0.2) is 0 Å². The van der Waals surface area contributed by atoms with E-state index in [0.29, 0.717) is 13.1 Å². The molecule has 0 bridgehead atoms. The fraction of sp³-hybridized carbons (Fsp3) is 0.500. The molecular formula is C14H21N3O2. The van der Waals surface area contributed by atoms with E-state index in [0.717, 1.165) is 18.0 Å². The average molecular weight is 263 g/mol. The van der Waals surface area contributed by atoms with Gasteiger partial charge in [-0.1, -0.05) is 12.1 Å². The zero-order valence-corrected chi connectivity index (χ0v) is 11.7. The second kappa shape index (κ2) is 6.04. The Labute approximate surface area is 114 Å². The lowest BCUT2D eigenvalue weighted by Crippen LogP contribution is -2.58. The van der Waals surface area contributed by atoms with Crippen molar-refractivity contribution in [1.29, 1.82) is 0 Å². The number of hydrogen-bond acceptors (Lipinski definition) is 4. The highest BCUT2D eigenvalue weighted by molar-refractivity contribution is 5.99. The summed E-state index contributed by atoms with van der Waals surface area (Å²) in [6, 6.07) is 7.53. The second-order valence-corrected chi connectivity index (χ2v) is 4.72. The normalized spacial score (nSPS) is 20.7. The van der Waals surface area contributed by atoms with Crippen molar-refractivity contribution in [2.75, 3.05) is 45.7 Å². The van der Waals surface area contributed by atoms with Gasteiger partial charge in [0.05, 0.1) is 12.8 Å². The van der Waals surface area contributed by atoms with Crippen LogP contribution in [0.5, 0.6) is 5.75 Å². The van der Waals surface area contributed by atoms with E-state index in [1.807, 2.05) is 43.3 Å². The molecule has 5 heteroatoms. The van der Waals surface area contributed by atoms with Crippen LogP contribution in [0.15, 0.2) is 24.3 Å². The number of carbonyl (C=O) groups excluding carboxylic acids is 1. The first kappa shape index (κ1) is 13.8. The highest BCUT2D eigenvalue weighted by Crippen LogP contribution is 2.29. The van der Waals surface area contributed by atoms with Gasteiger partial charge in [-0.25, -0.2) is 0 Å². The van der Waals surface area contributed by atoms with Gasteiger partial charge in [-0.2, -0.15) is 0 Å². The summed E-state index contributed by atoms with van der Waals surface area (Å²) in [5.74, 6) is 0.858. The fourth-order valence-electron chi connectivity index (χ4n) is 2.42. The monoisotopic (exact) mass is 263 g/mol. The molecule has 1 aromatic rings. The molecule has 19 heavy (non-hydrogen) atoms. The summed E-state index contributed by atoms with van der Waals surface area (Å²) in [6.07, 6.45) is 0. The van der Waals surface area contributed by atoms with Gasteiger partial charge in [-0.15, -0.1) is 0 Å². The molecule has 2 rings (SSSR count). The van der Waals surface area contributed by atoms with E-state index in [4.69, 9.17) is 4.74 Å². The predicted octanol–water partition coefficient (Wildman–Crippen LogP) is 0.562. The van der Waals surface area contributed by atoms with Gasteiger partial charge in [0.25, 0.3) is 0 Å². The van der Waals surface area contributed by atoms with E-state index in [2.05, 4.69) is 10.2 Å². The zero-order chi connectivity index (χ0) is 13.8. The minimum Gasteiger partial charge on any atom is -0.495 e. The second-order valence-electron chi connectivity index (χ2n) is 4.72. The Kier molecular flexibility index (Phi) is 4.39. The summed E-state index contributed by atoms with van der Waals surface area (Å²) in [6.45, 7) is 2.20. The summed E-state index contributed by atoms with van der Waals surface area (Å²) in [5, 5.41) is 3.08. The standard InChI is InChI=1S/C14H21N3O2/c1-15-10-12-14(18)17(9-8-16(12)2)11-6-4-5-7-13(11)19-3/h4-7,12,15H,8-10H2,1-3H3. The minimum absolute atomic E-state index is 0.118. The lowest BCUT2D eigenvalue weighted by Gasteiger charge is -2.38. The molecule has 5 nitrogen and oxygen atoms in total. The Hall–Kier alpha value is -1.59. The Balaban J connectivity index is 2.27. The maximum atomic E-state index is 12.6. The molecule has 1 unspecified atom stereocenters. The molecule has 0 saturated carbocycles. The van der Waals surface area contributed by atoms with Crippen LogP contribution in [-0.4, -0.2) is 57.7 Å². The summed E-state index contributed by atoms with van der Waals surface area (Å²) >= 11 is 0. The van der Waals surface area contributed by atoms with Crippen molar-refractivity contribution in [2.24, 2.45) is 0 Å². The Morgan fingerprint density at radius 3 is 2.79 bits per heavy atom. The Morgan fingerprint density at radius 1 is 1.37 bits per heavy atom. The number of ether oxygens (including phenoxy) is 1. The van der Waals surface area contributed by atoms with Crippen molar-refractivity contribution >= 4 is 11.6 Å². The maximum absolute atomic E-state index is 12.6. The number of nitrogens with zero attached hydrogens (tertiary/aromatic N) is 2. The lowest BCUT2D eigenvalue weighted by molar-refractivity contribution is -0.125. The van der Waals surface area contributed by atoms with E-state index >= 15 is 0 Å². The smallest absolute Gasteiger partial charge is 0.245 e. The number of carbonyl (C=O) groups is 1. The summed E-state index contributed by atoms with van der Waals surface area (Å²) in [5.41, 5.74) is 0.851. The van der Waals surface area contributed by atoms with Crippen LogP contribution in [-0.2, 0) is 4.79 Å². The van der Waals surface area contributed by atoms with Crippen LogP contribution in [0.2, 0.25) is 0 Å². The van der Waals surface area contributed by atoms with Crippen molar-refractivity contribution in [3.05, 3.63) is 24.3 Å². The number of methoxy groups -OCH3 is 1. The number of likely N-dealkylation sites (N-methyl/N-ethyl adjacent to an activating group) is 2. The van der Waals surface area contributed by atoms with E-state index in [-0.39, 0.29) is 11.9 Å². The highest BCUT2D eigenvalue weighted by Gasteiger charge is 2.33. The molecule has 0 spiro atoms. The third-order valence-electron chi connectivity index (χ3n) is 3.53. The number of amides is 1. The first-order valence-electron chi connectivity index (χ1n) is 6.48. The van der Waals surface area contributed by atoms with E-state index in [9.17, 15) is 4.79 Å². The molecule has 1 amide bonds. The predicted molar refractivity (Wildman–Crippen MR) is 75.7 cm³/mol. The zero-order valence-electron chi connectivity index (χ0n) is 11.7. The van der Waals surface area contributed by atoms with Crippen LogP contribution in [0.3, 0.4) is 0 Å². The lowest BCUT2D eigenvalue weighted by atomic mass is 10.1. The van der Waals surface area contributed by atoms with Crippen LogP contribution < -0.4 is 15.0 Å². The van der Waals surface area contributed by atoms with Crippen molar-refractivity contribution in [3.8, 4) is 5.75 Å².